The summed E-state index contributed by atoms with van der Waals surface area (Å²) < 4.78 is 63.4. The third-order valence-electron chi connectivity index (χ3n) is 13.5. The zero-order valence-electron chi connectivity index (χ0n) is 34.5. The molecule has 2 aromatic rings. The van der Waals surface area contributed by atoms with Crippen molar-refractivity contribution in [2.24, 2.45) is 22.7 Å². The Morgan fingerprint density at radius 1 is 1.06 bits per heavy atom. The molecule has 0 bridgehead atoms. The number of amides is 3. The number of hydrogen-bond acceptors (Lipinski definition) is 12. The van der Waals surface area contributed by atoms with Gasteiger partial charge in [-0.3, -0.25) is 33.3 Å². The van der Waals surface area contributed by atoms with E-state index in [0.29, 0.717) is 17.0 Å². The lowest BCUT2D eigenvalue weighted by Gasteiger charge is -2.63. The normalized spacial score (nSPS) is 33.2. The second kappa shape index (κ2) is 18.0. The van der Waals surface area contributed by atoms with Gasteiger partial charge in [-0.2, -0.15) is 0 Å². The number of thiophene rings is 1. The van der Waals surface area contributed by atoms with Crippen molar-refractivity contribution in [3.63, 3.8) is 0 Å². The number of halogens is 3. The van der Waals surface area contributed by atoms with Crippen LogP contribution in [0.4, 0.5) is 14.5 Å². The number of carboxylic acids is 1. The van der Waals surface area contributed by atoms with Gasteiger partial charge in [0.15, 0.2) is 29.1 Å². The molecule has 0 unspecified atom stereocenters. The number of Topliss-reactive ketones (excluding diaryl/α,β-unsaturated/α-hetero) is 1. The zero-order valence-corrected chi connectivity index (χ0v) is 37.8. The van der Waals surface area contributed by atoms with Crippen LogP contribution in [0.5, 0.6) is 0 Å². The van der Waals surface area contributed by atoms with Crippen LogP contribution in [0.2, 0.25) is 0 Å². The fourth-order valence-corrected chi connectivity index (χ4v) is 12.1. The van der Waals surface area contributed by atoms with Gasteiger partial charge in [0.25, 0.3) is 0 Å². The van der Waals surface area contributed by atoms with Crippen LogP contribution < -0.4 is 16.0 Å². The standard InChI is InChI=1S/C42H47BrF2N3O14PS/c1-39-12-11-23(49)14-27(39)28(44)15-26-25-16-33-42(32(51)20-60-63(57,58)59,40(25,2)17-31(50)41(26,39)45)62-38(61-33)30-9-7-24(64-30)13-21-3-5-22(6-4-21)47-37(56)29(8-10-36(54)55)48-35(53)19-46-34(52)18-43/h3-7,9,11-12,14,25-26,28-29,31,33,38,50H,8,10,13,15-20H2,1-2H3,(H,46,52)(H,47,56)(H,48,53)(H,54,55)(H2,57,58,59)/t25-,26-,28-,29-,31-,33+,38+,39-,40-,41-,42+/m0/s1. The van der Waals surface area contributed by atoms with E-state index in [1.54, 1.807) is 37.3 Å². The summed E-state index contributed by atoms with van der Waals surface area (Å²) in [5.41, 5.74) is -6.51. The van der Waals surface area contributed by atoms with Crippen molar-refractivity contribution in [3.8, 4) is 0 Å². The molecule has 1 aromatic heterocycles. The second-order valence-corrected chi connectivity index (χ2v) is 20.2. The van der Waals surface area contributed by atoms with Crippen LogP contribution in [0.25, 0.3) is 0 Å². The molecule has 7 rings (SSSR count). The number of alkyl halides is 3. The van der Waals surface area contributed by atoms with E-state index >= 15 is 8.78 Å². The largest absolute Gasteiger partial charge is 0.481 e. The number of carboxylic acid groups (broad SMARTS) is 1. The fourth-order valence-electron chi connectivity index (χ4n) is 10.6. The second-order valence-electron chi connectivity index (χ2n) is 17.2. The maximum Gasteiger partial charge on any atom is 0.470 e. The summed E-state index contributed by atoms with van der Waals surface area (Å²) >= 11 is 4.25. The Balaban J connectivity index is 1.07. The van der Waals surface area contributed by atoms with Gasteiger partial charge < -0.3 is 45.4 Å². The Morgan fingerprint density at radius 2 is 1.78 bits per heavy atom. The predicted octanol–water partition coefficient (Wildman–Crippen LogP) is 3.90. The summed E-state index contributed by atoms with van der Waals surface area (Å²) in [5.74, 6) is -6.38. The Hall–Kier alpha value is -4.05. The number of anilines is 1. The topological polar surface area (TPSA) is 264 Å². The SMILES string of the molecule is C[C@]12C=CC(=O)C=C1[C@@H](F)C[C@H]1[C@@H]3C[C@H]4O[C@@H](c5ccc(Cc6ccc(NC(=O)[C@H](CCC(=O)O)NC(=O)CNC(=O)CBr)cc6)s5)O[C@@]4(C(=O)COP(=O)(O)O)[C@@]3(C)C[C@H](O)[C@@]12F. The van der Waals surface area contributed by atoms with Gasteiger partial charge in [0, 0.05) is 40.2 Å². The number of hydrogen-bond donors (Lipinski definition) is 7. The van der Waals surface area contributed by atoms with E-state index in [1.807, 2.05) is 6.07 Å². The molecule has 17 nitrogen and oxygen atoms in total. The van der Waals surface area contributed by atoms with Gasteiger partial charge in [-0.25, -0.2) is 13.3 Å². The van der Waals surface area contributed by atoms with Gasteiger partial charge in [-0.05, 0) is 86.1 Å². The molecule has 346 valence electrons. The first-order chi connectivity index (χ1) is 30.0. The first-order valence-corrected chi connectivity index (χ1v) is 23.9. The Kier molecular flexibility index (Phi) is 13.5. The van der Waals surface area contributed by atoms with Crippen LogP contribution in [-0.2, 0) is 53.8 Å². The number of carbonyl (C=O) groups is 6. The summed E-state index contributed by atoms with van der Waals surface area (Å²) in [5, 5.41) is 28.4. The summed E-state index contributed by atoms with van der Waals surface area (Å²) in [7, 11) is -5.16. The lowest BCUT2D eigenvalue weighted by atomic mass is 9.44. The lowest BCUT2D eigenvalue weighted by Crippen LogP contribution is -2.70. The molecule has 1 aromatic carbocycles. The monoisotopic (exact) mass is 997 g/mol. The van der Waals surface area contributed by atoms with Crippen molar-refractivity contribution in [3.05, 3.63) is 75.5 Å². The zero-order chi connectivity index (χ0) is 46.6. The third-order valence-corrected chi connectivity index (χ3v) is 15.6. The number of ether oxygens (including phenoxy) is 2. The van der Waals surface area contributed by atoms with E-state index in [-0.39, 0.29) is 30.2 Å². The molecule has 7 N–H and O–H groups in total. The highest BCUT2D eigenvalue weighted by atomic mass is 79.9. The van der Waals surface area contributed by atoms with E-state index in [9.17, 15) is 48.2 Å². The molecule has 4 fully saturated rings. The highest BCUT2D eigenvalue weighted by Crippen LogP contribution is 2.73. The molecular formula is C42H47BrF2N3O14PS. The number of nitrogens with one attached hydrogen (secondary N) is 3. The first kappa shape index (κ1) is 47.9. The van der Waals surface area contributed by atoms with E-state index < -0.39 is 134 Å². The number of allylic oxidation sites excluding steroid dienone is 4. The molecule has 64 heavy (non-hydrogen) atoms. The van der Waals surface area contributed by atoms with Crippen molar-refractivity contribution >= 4 is 76.0 Å². The number of phosphoric ester groups is 1. The van der Waals surface area contributed by atoms with Crippen LogP contribution in [-0.4, -0.2) is 109 Å². The highest BCUT2D eigenvalue weighted by Gasteiger charge is 2.80. The van der Waals surface area contributed by atoms with Crippen LogP contribution in [0.1, 0.15) is 67.6 Å². The number of ketones is 2. The molecule has 3 saturated carbocycles. The van der Waals surface area contributed by atoms with Crippen molar-refractivity contribution in [1.82, 2.24) is 10.6 Å². The Bertz CT molecular complexity index is 2340. The Morgan fingerprint density at radius 3 is 2.45 bits per heavy atom. The summed E-state index contributed by atoms with van der Waals surface area (Å²) in [6, 6.07) is 9.05. The van der Waals surface area contributed by atoms with Crippen LogP contribution in [0, 0.1) is 22.7 Å². The van der Waals surface area contributed by atoms with Crippen molar-refractivity contribution in [2.75, 3.05) is 23.8 Å². The minimum absolute atomic E-state index is 0.0222. The molecule has 4 aliphatic carbocycles. The molecule has 11 atom stereocenters. The predicted molar refractivity (Wildman–Crippen MR) is 226 cm³/mol. The average molecular weight is 999 g/mol. The van der Waals surface area contributed by atoms with Gasteiger partial charge in [0.1, 0.15) is 18.8 Å². The molecule has 0 radical (unpaired) electrons. The van der Waals surface area contributed by atoms with Crippen molar-refractivity contribution in [1.29, 1.82) is 0 Å². The van der Waals surface area contributed by atoms with Gasteiger partial charge >= 0.3 is 13.8 Å². The van der Waals surface area contributed by atoms with Gasteiger partial charge in [-0.1, -0.05) is 41.1 Å². The average Bonchev–Trinajstić information content (AvgIpc) is 3.92. The van der Waals surface area contributed by atoms with Gasteiger partial charge in [-0.15, -0.1) is 11.3 Å². The van der Waals surface area contributed by atoms with Crippen molar-refractivity contribution in [2.45, 2.75) is 94.4 Å². The van der Waals surface area contributed by atoms with E-state index in [2.05, 4.69) is 36.4 Å². The lowest BCUT2D eigenvalue weighted by molar-refractivity contribution is -0.234. The minimum atomic E-state index is -5.16. The number of aliphatic carboxylic acids is 1. The molecule has 3 amide bonds. The number of phosphoric acid groups is 1. The maximum absolute atomic E-state index is 17.9. The highest BCUT2D eigenvalue weighted by molar-refractivity contribution is 9.09. The molecule has 1 saturated heterocycles. The first-order valence-electron chi connectivity index (χ1n) is 20.4. The number of rotatable bonds is 16. The van der Waals surface area contributed by atoms with E-state index in [1.165, 1.54) is 24.3 Å². The molecular weight excluding hydrogens is 951 g/mol. The number of fused-ring (bicyclic) bond motifs is 7. The molecule has 2 heterocycles. The van der Waals surface area contributed by atoms with E-state index in [0.717, 1.165) is 22.6 Å². The summed E-state index contributed by atoms with van der Waals surface area (Å²) in [6.07, 6.45) is -3.31. The van der Waals surface area contributed by atoms with Crippen molar-refractivity contribution < 1.29 is 76.1 Å². The van der Waals surface area contributed by atoms with Crippen LogP contribution >= 0.6 is 35.1 Å². The van der Waals surface area contributed by atoms with Crippen LogP contribution in [0.3, 0.4) is 0 Å². The summed E-state index contributed by atoms with van der Waals surface area (Å²) in [6.45, 7) is 1.56. The van der Waals surface area contributed by atoms with E-state index in [4.69, 9.17) is 14.6 Å². The molecule has 1 aliphatic heterocycles. The number of benzene rings is 1. The van der Waals surface area contributed by atoms with Gasteiger partial charge in [0.05, 0.1) is 29.0 Å². The number of carbonyl (C=O) groups excluding carboxylic acids is 5. The molecule has 5 aliphatic rings. The minimum Gasteiger partial charge on any atom is -0.481 e. The third kappa shape index (κ3) is 8.70. The van der Waals surface area contributed by atoms with Crippen LogP contribution in [0.15, 0.2) is 60.2 Å². The van der Waals surface area contributed by atoms with Gasteiger partial charge in [0.2, 0.25) is 17.7 Å². The quantitative estimate of drug-likeness (QED) is 0.0930. The molecule has 22 heteroatoms. The summed E-state index contributed by atoms with van der Waals surface area (Å²) in [4.78, 5) is 95.2. The Labute approximate surface area is 377 Å². The smallest absolute Gasteiger partial charge is 0.470 e. The number of aliphatic hydroxyl groups is 1. The fraction of sp³-hybridized carbons (Fsp3) is 0.524. The molecule has 0 spiro atoms. The maximum atomic E-state index is 17.9. The number of aliphatic hydroxyl groups excluding tert-OH is 1.